The lowest BCUT2D eigenvalue weighted by Crippen LogP contribution is -2.43. The van der Waals surface area contributed by atoms with Crippen LogP contribution in [-0.2, 0) is 24.6 Å². The molecule has 1 N–H and O–H groups in total. The molecule has 0 aliphatic carbocycles. The van der Waals surface area contributed by atoms with E-state index >= 15 is 0 Å². The van der Waals surface area contributed by atoms with Crippen LogP contribution >= 0.6 is 0 Å². The number of hydrogen-bond donors (Lipinski definition) is 1. The van der Waals surface area contributed by atoms with Gasteiger partial charge in [0.2, 0.25) is 5.91 Å². The molecule has 1 aromatic heterocycles. The molecule has 182 valence electrons. The minimum absolute atomic E-state index is 0.201. The van der Waals surface area contributed by atoms with Crippen LogP contribution in [0.2, 0.25) is 0 Å². The molecule has 2 atom stereocenters. The van der Waals surface area contributed by atoms with Crippen LogP contribution in [0.1, 0.15) is 28.9 Å². The van der Waals surface area contributed by atoms with Crippen molar-refractivity contribution in [2.45, 2.75) is 38.2 Å². The molecular formula is C25H24F3N5O2. The summed E-state index contributed by atoms with van der Waals surface area (Å²) >= 11 is 0. The number of aryl methyl sites for hydroxylation is 2. The van der Waals surface area contributed by atoms with E-state index in [1.807, 2.05) is 31.2 Å². The highest BCUT2D eigenvalue weighted by atomic mass is 19.4. The molecule has 1 aliphatic heterocycles. The first-order chi connectivity index (χ1) is 16.7. The molecule has 2 aromatic carbocycles. The van der Waals surface area contributed by atoms with E-state index in [1.165, 1.54) is 6.07 Å². The quantitative estimate of drug-likeness (QED) is 0.574. The highest BCUT2D eigenvalue weighted by Crippen LogP contribution is 2.36. The number of rotatable bonds is 6. The van der Waals surface area contributed by atoms with Gasteiger partial charge in [0.05, 0.1) is 41.7 Å². The Kier molecular flexibility index (Phi) is 6.69. The van der Waals surface area contributed by atoms with Crippen molar-refractivity contribution in [2.24, 2.45) is 7.05 Å². The smallest absolute Gasteiger partial charge is 0.417 e. The Balaban J connectivity index is 1.60. The predicted molar refractivity (Wildman–Crippen MR) is 123 cm³/mol. The fraction of sp³-hybridized carbons (Fsp3) is 0.320. The fourth-order valence-corrected chi connectivity index (χ4v) is 4.28. The van der Waals surface area contributed by atoms with Gasteiger partial charge in [0.15, 0.2) is 0 Å². The molecule has 3 aromatic rings. The van der Waals surface area contributed by atoms with Crippen molar-refractivity contribution in [3.05, 3.63) is 77.1 Å². The number of halogens is 3. The molecule has 2 heterocycles. The molecule has 4 rings (SSSR count). The lowest BCUT2D eigenvalue weighted by atomic mass is 10.1. The van der Waals surface area contributed by atoms with Gasteiger partial charge < -0.3 is 15.0 Å². The van der Waals surface area contributed by atoms with E-state index in [9.17, 15) is 18.0 Å². The van der Waals surface area contributed by atoms with Gasteiger partial charge in [-0.25, -0.2) is 0 Å². The molecule has 0 unspecified atom stereocenters. The van der Waals surface area contributed by atoms with Crippen LogP contribution in [0, 0.1) is 18.3 Å². The SMILES string of the molecule is Cc1cc(CNC(=O)[C@@H]2C[C@H](Oc3ccccc3)CN2c2ccc(C#N)c(C(F)(F)F)c2)n(C)n1. The molecule has 1 fully saturated rings. The van der Waals surface area contributed by atoms with E-state index in [4.69, 9.17) is 10.00 Å². The third-order valence-electron chi connectivity index (χ3n) is 5.91. The topological polar surface area (TPSA) is 83.2 Å². The maximum atomic E-state index is 13.6. The largest absolute Gasteiger partial charge is 0.488 e. The van der Waals surface area contributed by atoms with Gasteiger partial charge in [-0.1, -0.05) is 18.2 Å². The van der Waals surface area contributed by atoms with Crippen LogP contribution in [0.25, 0.3) is 0 Å². The Hall–Kier alpha value is -4.00. The zero-order valence-electron chi connectivity index (χ0n) is 19.2. The minimum Gasteiger partial charge on any atom is -0.488 e. The van der Waals surface area contributed by atoms with Crippen LogP contribution in [0.15, 0.2) is 54.6 Å². The van der Waals surface area contributed by atoms with E-state index < -0.39 is 29.4 Å². The number of anilines is 1. The van der Waals surface area contributed by atoms with Crippen molar-refractivity contribution in [1.82, 2.24) is 15.1 Å². The molecule has 1 saturated heterocycles. The predicted octanol–water partition coefficient (Wildman–Crippen LogP) is 3.96. The lowest BCUT2D eigenvalue weighted by molar-refractivity contribution is -0.137. The Bertz CT molecular complexity index is 1250. The first-order valence-corrected chi connectivity index (χ1v) is 11.0. The third kappa shape index (κ3) is 5.40. The number of nitriles is 1. The zero-order chi connectivity index (χ0) is 25.2. The van der Waals surface area contributed by atoms with Crippen LogP contribution in [0.3, 0.4) is 0 Å². The number of benzene rings is 2. The summed E-state index contributed by atoms with van der Waals surface area (Å²) in [6, 6.07) is 15.2. The van der Waals surface area contributed by atoms with E-state index in [2.05, 4.69) is 10.4 Å². The minimum atomic E-state index is -4.70. The van der Waals surface area contributed by atoms with Crippen LogP contribution in [0.4, 0.5) is 18.9 Å². The second-order valence-corrected chi connectivity index (χ2v) is 8.41. The van der Waals surface area contributed by atoms with Gasteiger partial charge >= 0.3 is 6.18 Å². The van der Waals surface area contributed by atoms with E-state index in [-0.39, 0.29) is 31.1 Å². The summed E-state index contributed by atoms with van der Waals surface area (Å²) in [4.78, 5) is 14.8. The second-order valence-electron chi connectivity index (χ2n) is 8.41. The molecule has 10 heteroatoms. The van der Waals surface area contributed by atoms with Gasteiger partial charge in [0.1, 0.15) is 17.9 Å². The summed E-state index contributed by atoms with van der Waals surface area (Å²) in [6.07, 6.45) is -4.83. The standard InChI is InChI=1S/C25H24F3N5O2/c1-16-10-19(32(2)31-16)14-30-24(34)23-12-21(35-20-6-4-3-5-7-20)15-33(23)18-9-8-17(13-29)22(11-18)25(26,27)28/h3-11,21,23H,12,14-15H2,1-2H3,(H,30,34)/t21-,23-/m0/s1. The third-order valence-corrected chi connectivity index (χ3v) is 5.91. The van der Waals surface area contributed by atoms with Crippen LogP contribution < -0.4 is 15.0 Å². The Morgan fingerprint density at radius 2 is 1.97 bits per heavy atom. The molecule has 1 aliphatic rings. The molecular weight excluding hydrogens is 459 g/mol. The highest BCUT2D eigenvalue weighted by Gasteiger charge is 2.40. The normalized spacial score (nSPS) is 17.8. The molecule has 7 nitrogen and oxygen atoms in total. The number of ether oxygens (including phenoxy) is 1. The van der Waals surface area contributed by atoms with Gasteiger partial charge in [-0.2, -0.15) is 23.5 Å². The molecule has 35 heavy (non-hydrogen) atoms. The molecule has 0 radical (unpaired) electrons. The average Bonchev–Trinajstić information content (AvgIpc) is 3.39. The zero-order valence-corrected chi connectivity index (χ0v) is 19.2. The summed E-state index contributed by atoms with van der Waals surface area (Å²) < 4.78 is 48.5. The lowest BCUT2D eigenvalue weighted by Gasteiger charge is -2.26. The van der Waals surface area contributed by atoms with Gasteiger partial charge in [-0.15, -0.1) is 0 Å². The van der Waals surface area contributed by atoms with Crippen molar-refractivity contribution in [2.75, 3.05) is 11.4 Å². The molecule has 0 bridgehead atoms. The average molecular weight is 483 g/mol. The summed E-state index contributed by atoms with van der Waals surface area (Å²) in [5.41, 5.74) is 0.314. The maximum Gasteiger partial charge on any atom is 0.417 e. The second kappa shape index (κ2) is 9.70. The van der Waals surface area contributed by atoms with Gasteiger partial charge in [0.25, 0.3) is 0 Å². The number of carbonyl (C=O) groups is 1. The van der Waals surface area contributed by atoms with E-state index in [0.717, 1.165) is 23.5 Å². The molecule has 0 saturated carbocycles. The van der Waals surface area contributed by atoms with Crippen LogP contribution in [-0.4, -0.2) is 34.4 Å². The highest BCUT2D eigenvalue weighted by molar-refractivity contribution is 5.86. The Morgan fingerprint density at radius 3 is 2.60 bits per heavy atom. The van der Waals surface area contributed by atoms with E-state index in [0.29, 0.717) is 5.75 Å². The number of aromatic nitrogens is 2. The van der Waals surface area contributed by atoms with Gasteiger partial charge in [-0.05, 0) is 43.3 Å². The van der Waals surface area contributed by atoms with Crippen molar-refractivity contribution in [3.8, 4) is 11.8 Å². The van der Waals surface area contributed by atoms with Crippen LogP contribution in [0.5, 0.6) is 5.75 Å². The first-order valence-electron chi connectivity index (χ1n) is 11.0. The number of nitrogens with zero attached hydrogens (tertiary/aromatic N) is 4. The molecule has 0 spiro atoms. The maximum absolute atomic E-state index is 13.6. The summed E-state index contributed by atoms with van der Waals surface area (Å²) in [5.74, 6) is 0.278. The monoisotopic (exact) mass is 483 g/mol. The van der Waals surface area contributed by atoms with Gasteiger partial charge in [-0.3, -0.25) is 9.48 Å². The van der Waals surface area contributed by atoms with Crippen molar-refractivity contribution in [3.63, 3.8) is 0 Å². The Labute approximate surface area is 200 Å². The number of amides is 1. The molecule has 1 amide bonds. The van der Waals surface area contributed by atoms with E-state index in [1.54, 1.807) is 34.8 Å². The number of hydrogen-bond acceptors (Lipinski definition) is 5. The van der Waals surface area contributed by atoms with Crippen molar-refractivity contribution in [1.29, 1.82) is 5.26 Å². The number of nitrogens with one attached hydrogen (secondary N) is 1. The first kappa shape index (κ1) is 24.1. The fourth-order valence-electron chi connectivity index (χ4n) is 4.28. The van der Waals surface area contributed by atoms with Crippen molar-refractivity contribution >= 4 is 11.6 Å². The van der Waals surface area contributed by atoms with Crippen molar-refractivity contribution < 1.29 is 22.7 Å². The summed E-state index contributed by atoms with van der Waals surface area (Å²) in [6.45, 7) is 2.28. The number of para-hydroxylation sites is 1. The summed E-state index contributed by atoms with van der Waals surface area (Å²) in [5, 5.41) is 16.3. The number of carbonyl (C=O) groups excluding carboxylic acids is 1. The van der Waals surface area contributed by atoms with Gasteiger partial charge in [0, 0.05) is 19.2 Å². The number of alkyl halides is 3. The summed E-state index contributed by atoms with van der Waals surface area (Å²) in [7, 11) is 1.77. The Morgan fingerprint density at radius 1 is 1.23 bits per heavy atom.